The number of aromatic nitrogens is 1. The Bertz CT molecular complexity index is 546. The molecule has 1 atom stereocenters. The van der Waals surface area contributed by atoms with Crippen LogP contribution in [0.25, 0.3) is 0 Å². The number of nitrogens with zero attached hydrogens (tertiary/aromatic N) is 2. The monoisotopic (exact) mass is 304 g/mol. The van der Waals surface area contributed by atoms with E-state index in [0.717, 1.165) is 0 Å². The van der Waals surface area contributed by atoms with Crippen molar-refractivity contribution in [2.24, 2.45) is 0 Å². The van der Waals surface area contributed by atoms with Crippen LogP contribution in [0.2, 0.25) is 0 Å². The molecule has 0 spiro atoms. The first-order valence-electron chi connectivity index (χ1n) is 6.28. The summed E-state index contributed by atoms with van der Waals surface area (Å²) in [5.74, 6) is -1.03. The first-order valence-corrected chi connectivity index (χ1v) is 6.28. The second-order valence-electron chi connectivity index (χ2n) is 5.47. The van der Waals surface area contributed by atoms with Gasteiger partial charge in [-0.2, -0.15) is 13.2 Å². The summed E-state index contributed by atoms with van der Waals surface area (Å²) in [6.45, 7) is 2.89. The molecule has 116 valence electrons. The van der Waals surface area contributed by atoms with E-state index in [2.05, 4.69) is 4.98 Å². The number of aromatic carboxylic acids is 1. The average molecular weight is 304 g/mol. The molecule has 1 fully saturated rings. The van der Waals surface area contributed by atoms with Crippen LogP contribution in [-0.2, 0) is 4.74 Å². The standard InChI is InChI=1S/C13H15F3N2O3/c1-12(2)7-18(6-9(21-12)13(14,15)16)10-5-3-4-8(17-10)11(19)20/h3-5,9H,6-7H2,1-2H3,(H,19,20). The van der Waals surface area contributed by atoms with Gasteiger partial charge in [-0.1, -0.05) is 6.07 Å². The number of halogens is 3. The second-order valence-corrected chi connectivity index (χ2v) is 5.47. The van der Waals surface area contributed by atoms with Crippen LogP contribution >= 0.6 is 0 Å². The summed E-state index contributed by atoms with van der Waals surface area (Å²) in [5.41, 5.74) is -1.22. The molecule has 1 aliphatic rings. The van der Waals surface area contributed by atoms with Crippen molar-refractivity contribution in [3.63, 3.8) is 0 Å². The van der Waals surface area contributed by atoms with Gasteiger partial charge in [0.25, 0.3) is 0 Å². The molecular formula is C13H15F3N2O3. The Balaban J connectivity index is 2.30. The third-order valence-corrected chi connectivity index (χ3v) is 3.06. The lowest BCUT2D eigenvalue weighted by Crippen LogP contribution is -2.57. The summed E-state index contributed by atoms with van der Waals surface area (Å²) in [6, 6.07) is 4.23. The maximum Gasteiger partial charge on any atom is 0.416 e. The van der Waals surface area contributed by atoms with Crippen molar-refractivity contribution in [2.75, 3.05) is 18.0 Å². The molecule has 0 saturated carbocycles. The first-order chi connectivity index (χ1) is 9.58. The van der Waals surface area contributed by atoms with E-state index in [-0.39, 0.29) is 18.1 Å². The predicted octanol–water partition coefficient (Wildman–Crippen LogP) is 2.33. The van der Waals surface area contributed by atoms with E-state index < -0.39 is 30.4 Å². The number of pyridine rings is 1. The summed E-state index contributed by atoms with van der Waals surface area (Å²) in [7, 11) is 0. The van der Waals surface area contributed by atoms with E-state index in [0.29, 0.717) is 0 Å². The number of hydrogen-bond donors (Lipinski definition) is 1. The van der Waals surface area contributed by atoms with E-state index in [1.807, 2.05) is 0 Å². The van der Waals surface area contributed by atoms with Crippen molar-refractivity contribution in [1.82, 2.24) is 4.98 Å². The smallest absolute Gasteiger partial charge is 0.416 e. The molecule has 1 unspecified atom stereocenters. The number of carboxylic acid groups (broad SMARTS) is 1. The van der Waals surface area contributed by atoms with Gasteiger partial charge in [0.1, 0.15) is 5.82 Å². The molecule has 8 heteroatoms. The number of carboxylic acids is 1. The third-order valence-electron chi connectivity index (χ3n) is 3.06. The molecular weight excluding hydrogens is 289 g/mol. The van der Waals surface area contributed by atoms with Gasteiger partial charge < -0.3 is 14.7 Å². The summed E-state index contributed by atoms with van der Waals surface area (Å²) < 4.78 is 43.8. The Morgan fingerprint density at radius 3 is 2.71 bits per heavy atom. The molecule has 1 saturated heterocycles. The van der Waals surface area contributed by atoms with Crippen molar-refractivity contribution in [3.8, 4) is 0 Å². The molecule has 0 aliphatic carbocycles. The van der Waals surface area contributed by atoms with Crippen LogP contribution in [0.15, 0.2) is 18.2 Å². The number of hydrogen-bond acceptors (Lipinski definition) is 4. The van der Waals surface area contributed by atoms with E-state index in [4.69, 9.17) is 9.84 Å². The minimum Gasteiger partial charge on any atom is -0.477 e. The highest BCUT2D eigenvalue weighted by Gasteiger charge is 2.48. The van der Waals surface area contributed by atoms with Gasteiger partial charge >= 0.3 is 12.1 Å². The molecule has 1 N–H and O–H groups in total. The lowest BCUT2D eigenvalue weighted by molar-refractivity contribution is -0.251. The molecule has 2 heterocycles. The van der Waals surface area contributed by atoms with Crippen molar-refractivity contribution in [3.05, 3.63) is 23.9 Å². The molecule has 0 radical (unpaired) electrons. The molecule has 5 nitrogen and oxygen atoms in total. The van der Waals surface area contributed by atoms with Gasteiger partial charge in [0.15, 0.2) is 11.8 Å². The van der Waals surface area contributed by atoms with Crippen molar-refractivity contribution in [2.45, 2.75) is 31.7 Å². The van der Waals surface area contributed by atoms with Gasteiger partial charge in [-0.05, 0) is 26.0 Å². The highest BCUT2D eigenvalue weighted by molar-refractivity contribution is 5.85. The highest BCUT2D eigenvalue weighted by Crippen LogP contribution is 2.33. The van der Waals surface area contributed by atoms with E-state index in [9.17, 15) is 18.0 Å². The van der Waals surface area contributed by atoms with Gasteiger partial charge in [-0.25, -0.2) is 9.78 Å². The second kappa shape index (κ2) is 5.18. The Labute approximate surface area is 119 Å². The molecule has 0 bridgehead atoms. The molecule has 1 aromatic heterocycles. The maximum atomic E-state index is 12.9. The zero-order valence-electron chi connectivity index (χ0n) is 11.5. The minimum absolute atomic E-state index is 0.190. The van der Waals surface area contributed by atoms with Gasteiger partial charge in [-0.15, -0.1) is 0 Å². The van der Waals surface area contributed by atoms with Gasteiger partial charge in [0.2, 0.25) is 0 Å². The third kappa shape index (κ3) is 3.63. The van der Waals surface area contributed by atoms with Crippen LogP contribution in [-0.4, -0.2) is 47.0 Å². The van der Waals surface area contributed by atoms with E-state index in [1.165, 1.54) is 23.1 Å². The normalized spacial score (nSPS) is 22.1. The summed E-state index contributed by atoms with van der Waals surface area (Å²) in [6.07, 6.45) is -6.42. The summed E-state index contributed by atoms with van der Waals surface area (Å²) in [5, 5.41) is 8.91. The first kappa shape index (κ1) is 15.6. The lowest BCUT2D eigenvalue weighted by atomic mass is 10.0. The SMILES string of the molecule is CC1(C)CN(c2cccc(C(=O)O)n2)CC(C(F)(F)F)O1. The maximum absolute atomic E-state index is 12.9. The quantitative estimate of drug-likeness (QED) is 0.908. The number of carbonyl (C=O) groups is 1. The minimum atomic E-state index is -4.49. The molecule has 2 rings (SSSR count). The fourth-order valence-electron chi connectivity index (χ4n) is 2.25. The Morgan fingerprint density at radius 1 is 1.48 bits per heavy atom. The summed E-state index contributed by atoms with van der Waals surface area (Å²) in [4.78, 5) is 16.2. The van der Waals surface area contributed by atoms with Crippen LogP contribution in [0.5, 0.6) is 0 Å². The zero-order chi connectivity index (χ0) is 15.8. The fourth-order valence-corrected chi connectivity index (χ4v) is 2.25. The fraction of sp³-hybridized carbons (Fsp3) is 0.538. The van der Waals surface area contributed by atoms with Gasteiger partial charge in [0, 0.05) is 6.54 Å². The van der Waals surface area contributed by atoms with E-state index in [1.54, 1.807) is 13.8 Å². The largest absolute Gasteiger partial charge is 0.477 e. The molecule has 21 heavy (non-hydrogen) atoms. The highest BCUT2D eigenvalue weighted by atomic mass is 19.4. The number of morpholine rings is 1. The van der Waals surface area contributed by atoms with Crippen molar-refractivity contribution < 1.29 is 27.8 Å². The number of ether oxygens (including phenoxy) is 1. The molecule has 1 aromatic rings. The van der Waals surface area contributed by atoms with Crippen LogP contribution in [0.3, 0.4) is 0 Å². The lowest BCUT2D eigenvalue weighted by Gasteiger charge is -2.43. The number of anilines is 1. The van der Waals surface area contributed by atoms with Crippen LogP contribution < -0.4 is 4.90 Å². The van der Waals surface area contributed by atoms with Crippen LogP contribution in [0, 0.1) is 0 Å². The van der Waals surface area contributed by atoms with Crippen molar-refractivity contribution in [1.29, 1.82) is 0 Å². The topological polar surface area (TPSA) is 62.7 Å². The molecule has 1 aliphatic heterocycles. The number of rotatable bonds is 2. The van der Waals surface area contributed by atoms with Gasteiger partial charge in [0.05, 0.1) is 12.1 Å². The predicted molar refractivity (Wildman–Crippen MR) is 68.4 cm³/mol. The Morgan fingerprint density at radius 2 is 2.14 bits per heavy atom. The van der Waals surface area contributed by atoms with Gasteiger partial charge in [-0.3, -0.25) is 0 Å². The molecule has 0 amide bonds. The Kier molecular flexibility index (Phi) is 3.83. The zero-order valence-corrected chi connectivity index (χ0v) is 11.5. The average Bonchev–Trinajstić information content (AvgIpc) is 2.36. The Hall–Kier alpha value is -1.83. The van der Waals surface area contributed by atoms with E-state index >= 15 is 0 Å². The summed E-state index contributed by atoms with van der Waals surface area (Å²) >= 11 is 0. The van der Waals surface area contributed by atoms with Crippen molar-refractivity contribution >= 4 is 11.8 Å². The van der Waals surface area contributed by atoms with Crippen LogP contribution in [0.4, 0.5) is 19.0 Å². The van der Waals surface area contributed by atoms with Crippen LogP contribution in [0.1, 0.15) is 24.3 Å². The molecule has 0 aromatic carbocycles. The number of alkyl halides is 3.